The van der Waals surface area contributed by atoms with E-state index in [1.54, 1.807) is 12.8 Å². The minimum absolute atomic E-state index is 0.869. The van der Waals surface area contributed by atoms with Crippen LogP contribution in [0.2, 0.25) is 0 Å². The standard InChI is InChI=1S/C21H40O/c1-3-5-6-7-18-8-12-20(13-9-18)21-14-10-19(11-15-21)17-22-16-4-2/h18-21H,3-17H2,1-2H3. The number of ether oxygens (including phenoxy) is 1. The molecule has 0 spiro atoms. The Hall–Kier alpha value is -0.0400. The number of rotatable bonds is 9. The molecule has 2 aliphatic carbocycles. The van der Waals surface area contributed by atoms with Crippen molar-refractivity contribution in [3.63, 3.8) is 0 Å². The molecule has 0 aliphatic heterocycles. The van der Waals surface area contributed by atoms with Crippen molar-refractivity contribution in [3.8, 4) is 0 Å². The van der Waals surface area contributed by atoms with Crippen LogP contribution in [0.4, 0.5) is 0 Å². The summed E-state index contributed by atoms with van der Waals surface area (Å²) in [7, 11) is 0. The van der Waals surface area contributed by atoms with Gasteiger partial charge in [0.1, 0.15) is 0 Å². The summed E-state index contributed by atoms with van der Waals surface area (Å²) in [4.78, 5) is 0. The van der Waals surface area contributed by atoms with Gasteiger partial charge in [0.2, 0.25) is 0 Å². The van der Waals surface area contributed by atoms with Gasteiger partial charge >= 0.3 is 0 Å². The van der Waals surface area contributed by atoms with Crippen molar-refractivity contribution in [2.24, 2.45) is 23.7 Å². The van der Waals surface area contributed by atoms with Crippen LogP contribution in [-0.4, -0.2) is 13.2 Å². The molecule has 2 fully saturated rings. The highest BCUT2D eigenvalue weighted by atomic mass is 16.5. The average molecular weight is 309 g/mol. The fourth-order valence-electron chi connectivity index (χ4n) is 4.85. The molecule has 0 amide bonds. The second-order valence-electron chi connectivity index (χ2n) is 8.13. The lowest BCUT2D eigenvalue weighted by Gasteiger charge is -2.38. The van der Waals surface area contributed by atoms with Gasteiger partial charge < -0.3 is 4.74 Å². The Morgan fingerprint density at radius 1 is 0.682 bits per heavy atom. The van der Waals surface area contributed by atoms with E-state index in [1.807, 2.05) is 0 Å². The second kappa shape index (κ2) is 10.7. The Bertz CT molecular complexity index is 231. The number of hydrogen-bond donors (Lipinski definition) is 0. The van der Waals surface area contributed by atoms with Gasteiger partial charge in [-0.05, 0) is 68.6 Å². The number of hydrogen-bond acceptors (Lipinski definition) is 1. The molecule has 0 aromatic heterocycles. The molecule has 0 saturated heterocycles. The zero-order chi connectivity index (χ0) is 15.6. The largest absolute Gasteiger partial charge is 0.381 e. The van der Waals surface area contributed by atoms with Crippen LogP contribution in [-0.2, 0) is 4.74 Å². The maximum absolute atomic E-state index is 5.76. The molecule has 0 unspecified atom stereocenters. The van der Waals surface area contributed by atoms with E-state index in [0.29, 0.717) is 0 Å². The van der Waals surface area contributed by atoms with E-state index in [2.05, 4.69) is 13.8 Å². The average Bonchev–Trinajstić information content (AvgIpc) is 2.57. The Morgan fingerprint density at radius 2 is 1.27 bits per heavy atom. The van der Waals surface area contributed by atoms with Crippen LogP contribution in [0, 0.1) is 23.7 Å². The monoisotopic (exact) mass is 308 g/mol. The molecule has 0 N–H and O–H groups in total. The summed E-state index contributed by atoms with van der Waals surface area (Å²) in [6.45, 7) is 6.52. The molecule has 2 rings (SSSR count). The first-order valence-electron chi connectivity index (χ1n) is 10.4. The summed E-state index contributed by atoms with van der Waals surface area (Å²) in [5, 5.41) is 0. The van der Waals surface area contributed by atoms with Gasteiger partial charge in [0.05, 0.1) is 0 Å². The minimum Gasteiger partial charge on any atom is -0.381 e. The first-order chi connectivity index (χ1) is 10.8. The summed E-state index contributed by atoms with van der Waals surface area (Å²) in [6.07, 6.45) is 19.0. The Labute approximate surface area is 139 Å². The van der Waals surface area contributed by atoms with Crippen LogP contribution in [0.3, 0.4) is 0 Å². The Balaban J connectivity index is 1.58. The van der Waals surface area contributed by atoms with Crippen molar-refractivity contribution in [1.29, 1.82) is 0 Å². The molecule has 2 aliphatic rings. The highest BCUT2D eigenvalue weighted by molar-refractivity contribution is 4.82. The molecule has 130 valence electrons. The lowest BCUT2D eigenvalue weighted by atomic mass is 9.69. The maximum Gasteiger partial charge on any atom is 0.0494 e. The van der Waals surface area contributed by atoms with Gasteiger partial charge in [0.25, 0.3) is 0 Å². The summed E-state index contributed by atoms with van der Waals surface area (Å²) in [5.74, 6) is 4.06. The van der Waals surface area contributed by atoms with Gasteiger partial charge in [0.15, 0.2) is 0 Å². The van der Waals surface area contributed by atoms with Crippen LogP contribution in [0.25, 0.3) is 0 Å². The molecule has 0 radical (unpaired) electrons. The number of unbranched alkanes of at least 4 members (excludes halogenated alkanes) is 2. The summed E-state index contributed by atoms with van der Waals surface area (Å²) in [6, 6.07) is 0. The van der Waals surface area contributed by atoms with E-state index in [-0.39, 0.29) is 0 Å². The van der Waals surface area contributed by atoms with E-state index < -0.39 is 0 Å². The Morgan fingerprint density at radius 3 is 1.82 bits per heavy atom. The molecule has 22 heavy (non-hydrogen) atoms. The minimum atomic E-state index is 0.869. The van der Waals surface area contributed by atoms with Crippen LogP contribution < -0.4 is 0 Å². The molecule has 2 saturated carbocycles. The molecular formula is C21H40O. The predicted molar refractivity (Wildman–Crippen MR) is 96.1 cm³/mol. The van der Waals surface area contributed by atoms with Crippen molar-refractivity contribution in [3.05, 3.63) is 0 Å². The Kier molecular flexibility index (Phi) is 8.89. The molecule has 0 bridgehead atoms. The van der Waals surface area contributed by atoms with Gasteiger partial charge in [-0.15, -0.1) is 0 Å². The maximum atomic E-state index is 5.76. The van der Waals surface area contributed by atoms with E-state index in [9.17, 15) is 0 Å². The molecule has 0 atom stereocenters. The van der Waals surface area contributed by atoms with E-state index in [4.69, 9.17) is 4.74 Å². The third kappa shape index (κ3) is 6.22. The normalized spacial score (nSPS) is 33.0. The quantitative estimate of drug-likeness (QED) is 0.436. The molecule has 1 nitrogen and oxygen atoms in total. The first-order valence-corrected chi connectivity index (χ1v) is 10.4. The molecular weight excluding hydrogens is 268 g/mol. The lowest BCUT2D eigenvalue weighted by molar-refractivity contribution is 0.0648. The topological polar surface area (TPSA) is 9.23 Å². The zero-order valence-corrected chi connectivity index (χ0v) is 15.3. The second-order valence-corrected chi connectivity index (χ2v) is 8.13. The van der Waals surface area contributed by atoms with Crippen molar-refractivity contribution in [2.45, 2.75) is 97.3 Å². The summed E-state index contributed by atoms with van der Waals surface area (Å²) >= 11 is 0. The van der Waals surface area contributed by atoms with Crippen LogP contribution in [0.1, 0.15) is 97.3 Å². The fourth-order valence-corrected chi connectivity index (χ4v) is 4.85. The van der Waals surface area contributed by atoms with Crippen LogP contribution in [0.15, 0.2) is 0 Å². The van der Waals surface area contributed by atoms with Crippen LogP contribution >= 0.6 is 0 Å². The first kappa shape index (κ1) is 18.3. The SMILES string of the molecule is CCCCCC1CCC(C2CCC(COCCC)CC2)CC1. The third-order valence-electron chi connectivity index (χ3n) is 6.37. The van der Waals surface area contributed by atoms with Crippen molar-refractivity contribution < 1.29 is 4.74 Å². The molecule has 0 aromatic carbocycles. The van der Waals surface area contributed by atoms with E-state index >= 15 is 0 Å². The van der Waals surface area contributed by atoms with E-state index in [1.165, 1.54) is 64.2 Å². The van der Waals surface area contributed by atoms with Crippen LogP contribution in [0.5, 0.6) is 0 Å². The summed E-state index contributed by atoms with van der Waals surface area (Å²) in [5.41, 5.74) is 0. The van der Waals surface area contributed by atoms with Gasteiger partial charge in [-0.3, -0.25) is 0 Å². The van der Waals surface area contributed by atoms with Crippen molar-refractivity contribution >= 4 is 0 Å². The van der Waals surface area contributed by atoms with Gasteiger partial charge in [-0.1, -0.05) is 52.4 Å². The molecule has 1 heteroatoms. The van der Waals surface area contributed by atoms with Crippen molar-refractivity contribution in [2.75, 3.05) is 13.2 Å². The van der Waals surface area contributed by atoms with Gasteiger partial charge in [-0.2, -0.15) is 0 Å². The smallest absolute Gasteiger partial charge is 0.0494 e. The van der Waals surface area contributed by atoms with Crippen molar-refractivity contribution in [1.82, 2.24) is 0 Å². The van der Waals surface area contributed by atoms with Gasteiger partial charge in [-0.25, -0.2) is 0 Å². The molecule has 0 aromatic rings. The van der Waals surface area contributed by atoms with E-state index in [0.717, 1.165) is 43.3 Å². The zero-order valence-electron chi connectivity index (χ0n) is 15.3. The fraction of sp³-hybridized carbons (Fsp3) is 1.00. The third-order valence-corrected chi connectivity index (χ3v) is 6.37. The highest BCUT2D eigenvalue weighted by Gasteiger charge is 2.30. The lowest BCUT2D eigenvalue weighted by Crippen LogP contribution is -2.27. The highest BCUT2D eigenvalue weighted by Crippen LogP contribution is 2.42. The predicted octanol–water partition coefficient (Wildman–Crippen LogP) is 6.61. The summed E-state index contributed by atoms with van der Waals surface area (Å²) < 4.78 is 5.76. The molecule has 0 heterocycles. The van der Waals surface area contributed by atoms with Gasteiger partial charge in [0, 0.05) is 13.2 Å².